The number of carbonyl (C=O) groups excluding carboxylic acids is 3. The highest BCUT2D eigenvalue weighted by molar-refractivity contribution is 6.13. The molecule has 1 aliphatic carbocycles. The van der Waals surface area contributed by atoms with Crippen LogP contribution in [-0.2, 0) is 16.1 Å². The number of hydrogen-bond acceptors (Lipinski definition) is 7. The molecule has 0 bridgehead atoms. The van der Waals surface area contributed by atoms with E-state index in [2.05, 4.69) is 10.4 Å². The van der Waals surface area contributed by atoms with Crippen molar-refractivity contribution in [3.05, 3.63) is 35.7 Å². The SMILES string of the molecule is CCOC(=O)c1cc2n(n1)CC(C)(C(=O)NC1CCCCC1)N(c1ccc(OC)cc1OC)C2=O. The molecule has 1 unspecified atom stereocenters. The van der Waals surface area contributed by atoms with Crippen LogP contribution in [0.3, 0.4) is 0 Å². The van der Waals surface area contributed by atoms with Gasteiger partial charge in [-0.1, -0.05) is 19.3 Å². The summed E-state index contributed by atoms with van der Waals surface area (Å²) in [5.74, 6) is -0.436. The van der Waals surface area contributed by atoms with Crippen molar-refractivity contribution in [2.24, 2.45) is 0 Å². The quantitative estimate of drug-likeness (QED) is 0.602. The Hall–Kier alpha value is -3.56. The van der Waals surface area contributed by atoms with Crippen molar-refractivity contribution < 1.29 is 28.6 Å². The summed E-state index contributed by atoms with van der Waals surface area (Å²) in [7, 11) is 3.03. The molecule has 1 fully saturated rings. The van der Waals surface area contributed by atoms with Gasteiger partial charge in [0, 0.05) is 18.2 Å². The summed E-state index contributed by atoms with van der Waals surface area (Å²) >= 11 is 0. The largest absolute Gasteiger partial charge is 0.497 e. The Morgan fingerprint density at radius 2 is 1.89 bits per heavy atom. The minimum absolute atomic E-state index is 0.0220. The maximum Gasteiger partial charge on any atom is 0.358 e. The van der Waals surface area contributed by atoms with Crippen molar-refractivity contribution in [1.29, 1.82) is 0 Å². The summed E-state index contributed by atoms with van der Waals surface area (Å²) in [4.78, 5) is 41.4. The first-order valence-corrected chi connectivity index (χ1v) is 11.9. The molecule has 1 aliphatic heterocycles. The lowest BCUT2D eigenvalue weighted by Gasteiger charge is -2.44. The van der Waals surface area contributed by atoms with Crippen LogP contribution in [0.2, 0.25) is 0 Å². The third kappa shape index (κ3) is 4.56. The van der Waals surface area contributed by atoms with E-state index < -0.39 is 17.4 Å². The maximum absolute atomic E-state index is 13.9. The zero-order chi connectivity index (χ0) is 25.2. The molecule has 2 aromatic rings. The molecule has 1 aromatic carbocycles. The molecule has 188 valence electrons. The van der Waals surface area contributed by atoms with E-state index in [4.69, 9.17) is 14.2 Å². The number of fused-ring (bicyclic) bond motifs is 1. The first-order chi connectivity index (χ1) is 16.8. The Bertz CT molecular complexity index is 1120. The lowest BCUT2D eigenvalue weighted by molar-refractivity contribution is -0.127. The monoisotopic (exact) mass is 484 g/mol. The van der Waals surface area contributed by atoms with Crippen LogP contribution < -0.4 is 19.7 Å². The molecule has 2 heterocycles. The van der Waals surface area contributed by atoms with E-state index in [1.54, 1.807) is 32.0 Å². The number of esters is 1. The molecule has 4 rings (SSSR count). The van der Waals surface area contributed by atoms with Gasteiger partial charge < -0.3 is 19.5 Å². The molecular formula is C25H32N4O6. The fraction of sp³-hybridized carbons (Fsp3) is 0.520. The van der Waals surface area contributed by atoms with Crippen LogP contribution in [0.15, 0.2) is 24.3 Å². The number of anilines is 1. The molecule has 10 heteroatoms. The Balaban J connectivity index is 1.79. The molecule has 1 atom stereocenters. The fourth-order valence-electron chi connectivity index (χ4n) is 4.82. The van der Waals surface area contributed by atoms with E-state index in [9.17, 15) is 14.4 Å². The molecule has 1 N–H and O–H groups in total. The molecular weight excluding hydrogens is 452 g/mol. The first-order valence-electron chi connectivity index (χ1n) is 11.9. The standard InChI is InChI=1S/C25H32N4O6/c1-5-35-23(31)18-14-20-22(30)29(19-12-11-17(33-3)13-21(19)34-4)25(2,15-28(20)27-18)24(32)26-16-9-7-6-8-10-16/h11-14,16H,5-10,15H2,1-4H3,(H,26,32). The Kier molecular flexibility index (Phi) is 7.00. The van der Waals surface area contributed by atoms with Crippen LogP contribution >= 0.6 is 0 Å². The van der Waals surface area contributed by atoms with Crippen LogP contribution in [0.1, 0.15) is 66.9 Å². The highest BCUT2D eigenvalue weighted by Crippen LogP contribution is 2.40. The number of hydrogen-bond donors (Lipinski definition) is 1. The smallest absolute Gasteiger partial charge is 0.358 e. The third-order valence-electron chi connectivity index (χ3n) is 6.70. The van der Waals surface area contributed by atoms with Gasteiger partial charge in [0.1, 0.15) is 22.7 Å². The van der Waals surface area contributed by atoms with Gasteiger partial charge in [-0.25, -0.2) is 4.79 Å². The van der Waals surface area contributed by atoms with Crippen molar-refractivity contribution in [2.45, 2.75) is 64.1 Å². The zero-order valence-electron chi connectivity index (χ0n) is 20.6. The minimum atomic E-state index is -1.33. The molecule has 1 saturated carbocycles. The average molecular weight is 485 g/mol. The predicted molar refractivity (Wildman–Crippen MR) is 128 cm³/mol. The number of amides is 2. The van der Waals surface area contributed by atoms with Crippen LogP contribution in [0, 0.1) is 0 Å². The van der Waals surface area contributed by atoms with Gasteiger partial charge in [0.25, 0.3) is 5.91 Å². The zero-order valence-corrected chi connectivity index (χ0v) is 20.6. The lowest BCUT2D eigenvalue weighted by atomic mass is 9.91. The van der Waals surface area contributed by atoms with Crippen molar-refractivity contribution in [3.63, 3.8) is 0 Å². The number of methoxy groups -OCH3 is 2. The molecule has 2 aliphatic rings. The summed E-state index contributed by atoms with van der Waals surface area (Å²) in [6.07, 6.45) is 5.08. The van der Waals surface area contributed by atoms with Gasteiger partial charge in [0.2, 0.25) is 5.91 Å². The number of carbonyl (C=O) groups is 3. The van der Waals surface area contributed by atoms with Crippen LogP contribution in [-0.4, -0.2) is 60.0 Å². The van der Waals surface area contributed by atoms with Crippen LogP contribution in [0.4, 0.5) is 5.69 Å². The van der Waals surface area contributed by atoms with Crippen molar-refractivity contribution in [1.82, 2.24) is 15.1 Å². The van der Waals surface area contributed by atoms with E-state index in [1.807, 2.05) is 0 Å². The number of benzene rings is 1. The second-order valence-electron chi connectivity index (χ2n) is 9.05. The fourth-order valence-corrected chi connectivity index (χ4v) is 4.82. The van der Waals surface area contributed by atoms with Crippen molar-refractivity contribution >= 4 is 23.5 Å². The maximum atomic E-state index is 13.9. The Morgan fingerprint density at radius 1 is 1.14 bits per heavy atom. The topological polar surface area (TPSA) is 112 Å². The summed E-state index contributed by atoms with van der Waals surface area (Å²) < 4.78 is 17.4. The average Bonchev–Trinajstić information content (AvgIpc) is 3.29. The van der Waals surface area contributed by atoms with Gasteiger partial charge in [-0.05, 0) is 38.8 Å². The van der Waals surface area contributed by atoms with Gasteiger partial charge in [-0.3, -0.25) is 19.2 Å². The second-order valence-corrected chi connectivity index (χ2v) is 9.05. The number of nitrogens with one attached hydrogen (secondary N) is 1. The van der Waals surface area contributed by atoms with Crippen LogP contribution in [0.5, 0.6) is 11.5 Å². The minimum Gasteiger partial charge on any atom is -0.497 e. The third-order valence-corrected chi connectivity index (χ3v) is 6.70. The molecule has 0 saturated heterocycles. The van der Waals surface area contributed by atoms with Gasteiger partial charge in [-0.2, -0.15) is 5.10 Å². The summed E-state index contributed by atoms with van der Waals surface area (Å²) in [6, 6.07) is 6.53. The van der Waals surface area contributed by atoms with Crippen LogP contribution in [0.25, 0.3) is 0 Å². The van der Waals surface area contributed by atoms with Gasteiger partial charge >= 0.3 is 5.97 Å². The van der Waals surface area contributed by atoms with E-state index in [-0.39, 0.29) is 36.5 Å². The normalized spacial score (nSPS) is 20.2. The Labute approximate surface area is 204 Å². The predicted octanol–water partition coefficient (Wildman–Crippen LogP) is 2.95. The summed E-state index contributed by atoms with van der Waals surface area (Å²) in [6.45, 7) is 3.65. The van der Waals surface area contributed by atoms with Gasteiger partial charge in [0.15, 0.2) is 5.69 Å². The second kappa shape index (κ2) is 9.97. The van der Waals surface area contributed by atoms with E-state index >= 15 is 0 Å². The Morgan fingerprint density at radius 3 is 2.54 bits per heavy atom. The lowest BCUT2D eigenvalue weighted by Crippen LogP contribution is -2.65. The number of ether oxygens (including phenoxy) is 3. The molecule has 10 nitrogen and oxygen atoms in total. The molecule has 0 radical (unpaired) electrons. The summed E-state index contributed by atoms with van der Waals surface area (Å²) in [5, 5.41) is 7.46. The highest BCUT2D eigenvalue weighted by Gasteiger charge is 2.50. The molecule has 2 amide bonds. The molecule has 0 spiro atoms. The summed E-state index contributed by atoms with van der Waals surface area (Å²) in [5.41, 5.74) is -0.700. The van der Waals surface area contributed by atoms with E-state index in [0.29, 0.717) is 17.2 Å². The molecule has 35 heavy (non-hydrogen) atoms. The number of rotatable bonds is 7. The number of aromatic nitrogens is 2. The van der Waals surface area contributed by atoms with E-state index in [0.717, 1.165) is 32.1 Å². The van der Waals surface area contributed by atoms with Crippen molar-refractivity contribution in [3.8, 4) is 11.5 Å². The van der Waals surface area contributed by atoms with Gasteiger partial charge in [0.05, 0.1) is 33.1 Å². The van der Waals surface area contributed by atoms with Crippen molar-refractivity contribution in [2.75, 3.05) is 25.7 Å². The van der Waals surface area contributed by atoms with Gasteiger partial charge in [-0.15, -0.1) is 0 Å². The van der Waals surface area contributed by atoms with E-state index in [1.165, 1.54) is 29.9 Å². The highest BCUT2D eigenvalue weighted by atomic mass is 16.5. The number of nitrogens with zero attached hydrogens (tertiary/aromatic N) is 3. The molecule has 1 aromatic heterocycles. The first kappa shape index (κ1) is 24.6.